The van der Waals surface area contributed by atoms with Crippen molar-refractivity contribution in [3.63, 3.8) is 0 Å². The highest BCUT2D eigenvalue weighted by Crippen LogP contribution is 2.23. The molecule has 0 saturated heterocycles. The zero-order valence-electron chi connectivity index (χ0n) is 13.4. The number of nitro groups is 1. The number of hydrogen-bond acceptors (Lipinski definition) is 5. The number of nitrogens with two attached hydrogens (primary N) is 1. The van der Waals surface area contributed by atoms with Crippen molar-refractivity contribution in [1.29, 1.82) is 0 Å². The standard InChI is InChI=1S/C12H10N2O4S/c13-9-1-5-11(6-2-9)19(17,18)12-7-3-10(4-8-12)14(15)16/h1-8H,13H2/i1D,2D,5D,6D. The molecule has 19 heavy (non-hydrogen) atoms. The molecule has 0 radical (unpaired) electrons. The molecular weight excluding hydrogens is 268 g/mol. The van der Waals surface area contributed by atoms with Crippen LogP contribution in [0.2, 0.25) is 0 Å². The Kier molecular flexibility index (Phi) is 2.14. The third-order valence-corrected chi connectivity index (χ3v) is 3.88. The van der Waals surface area contributed by atoms with Crippen molar-refractivity contribution in [2.75, 3.05) is 5.73 Å². The minimum atomic E-state index is -4.40. The molecule has 0 saturated carbocycles. The first kappa shape index (κ1) is 8.65. The quantitative estimate of drug-likeness (QED) is 0.527. The summed E-state index contributed by atoms with van der Waals surface area (Å²) < 4.78 is 55.7. The fourth-order valence-corrected chi connectivity index (χ4v) is 2.41. The molecule has 2 aromatic carbocycles. The third-order valence-electron chi connectivity index (χ3n) is 2.25. The predicted octanol–water partition coefficient (Wildman–Crippen LogP) is 2.01. The van der Waals surface area contributed by atoms with Gasteiger partial charge in [-0.05, 0) is 36.3 Å². The first-order valence-corrected chi connectivity index (χ1v) is 6.42. The van der Waals surface area contributed by atoms with Crippen molar-refractivity contribution in [3.8, 4) is 0 Å². The van der Waals surface area contributed by atoms with Gasteiger partial charge in [-0.25, -0.2) is 8.42 Å². The van der Waals surface area contributed by atoms with Crippen molar-refractivity contribution in [1.82, 2.24) is 0 Å². The molecule has 0 aliphatic carbocycles. The molecule has 0 amide bonds. The number of benzene rings is 2. The highest BCUT2D eigenvalue weighted by atomic mass is 32.2. The maximum Gasteiger partial charge on any atom is 0.269 e. The molecule has 0 aromatic heterocycles. The van der Waals surface area contributed by atoms with Crippen molar-refractivity contribution in [3.05, 3.63) is 58.5 Å². The van der Waals surface area contributed by atoms with Gasteiger partial charge >= 0.3 is 0 Å². The van der Waals surface area contributed by atoms with Crippen LogP contribution in [0.25, 0.3) is 0 Å². The van der Waals surface area contributed by atoms with E-state index in [4.69, 9.17) is 11.2 Å². The Morgan fingerprint density at radius 3 is 2.05 bits per heavy atom. The number of anilines is 1. The minimum absolute atomic E-state index is 0.319. The summed E-state index contributed by atoms with van der Waals surface area (Å²) in [6.07, 6.45) is 0. The fraction of sp³-hybridized carbons (Fsp3) is 0. The van der Waals surface area contributed by atoms with E-state index in [9.17, 15) is 18.5 Å². The van der Waals surface area contributed by atoms with E-state index in [1.54, 1.807) is 0 Å². The van der Waals surface area contributed by atoms with Crippen LogP contribution in [-0.2, 0) is 9.84 Å². The van der Waals surface area contributed by atoms with Gasteiger partial charge in [0.25, 0.3) is 5.69 Å². The second-order valence-electron chi connectivity index (χ2n) is 3.50. The minimum Gasteiger partial charge on any atom is -0.399 e. The van der Waals surface area contributed by atoms with Crippen LogP contribution in [0.15, 0.2) is 58.2 Å². The van der Waals surface area contributed by atoms with Gasteiger partial charge in [0.1, 0.15) is 0 Å². The average molecular weight is 282 g/mol. The van der Waals surface area contributed by atoms with Crippen molar-refractivity contribution >= 4 is 21.2 Å². The fourth-order valence-electron chi connectivity index (χ4n) is 1.31. The van der Waals surface area contributed by atoms with Crippen LogP contribution in [0.5, 0.6) is 0 Å². The maximum absolute atomic E-state index is 12.6. The molecule has 0 unspecified atom stereocenters. The highest BCUT2D eigenvalue weighted by molar-refractivity contribution is 7.91. The topological polar surface area (TPSA) is 103 Å². The van der Waals surface area contributed by atoms with E-state index in [-0.39, 0.29) is 10.6 Å². The molecule has 0 aliphatic heterocycles. The molecule has 0 atom stereocenters. The molecule has 6 nitrogen and oxygen atoms in total. The van der Waals surface area contributed by atoms with Crippen LogP contribution in [0.1, 0.15) is 5.48 Å². The number of sulfone groups is 1. The first-order chi connectivity index (χ1) is 10.6. The summed E-state index contributed by atoms with van der Waals surface area (Å²) in [6.45, 7) is 0. The Morgan fingerprint density at radius 2 is 1.58 bits per heavy atom. The van der Waals surface area contributed by atoms with Gasteiger partial charge in [-0.3, -0.25) is 10.1 Å². The molecule has 0 heterocycles. The molecular formula is C12H10N2O4S. The number of hydrogen-bond donors (Lipinski definition) is 1. The van der Waals surface area contributed by atoms with Crippen LogP contribution in [0, 0.1) is 10.1 Å². The Bertz CT molecular complexity index is 885. The molecule has 0 fully saturated rings. The van der Waals surface area contributed by atoms with Crippen LogP contribution in [0.3, 0.4) is 0 Å². The van der Waals surface area contributed by atoms with Gasteiger partial charge in [0.05, 0.1) is 20.2 Å². The van der Waals surface area contributed by atoms with Gasteiger partial charge in [0.15, 0.2) is 0 Å². The Hall–Kier alpha value is -2.41. The smallest absolute Gasteiger partial charge is 0.269 e. The van der Waals surface area contributed by atoms with Crippen molar-refractivity contribution < 1.29 is 18.8 Å². The summed E-state index contributed by atoms with van der Waals surface area (Å²) in [7, 11) is -4.40. The van der Waals surface area contributed by atoms with Gasteiger partial charge in [0.2, 0.25) is 9.84 Å². The Morgan fingerprint density at radius 1 is 1.05 bits per heavy atom. The monoisotopic (exact) mass is 282 g/mol. The van der Waals surface area contributed by atoms with Gasteiger partial charge in [0, 0.05) is 17.8 Å². The lowest BCUT2D eigenvalue weighted by Gasteiger charge is -2.04. The SMILES string of the molecule is [2H]c1c([2H])c(S(=O)(=O)c2ccc([N+](=O)[O-])cc2)c([2H])c([2H])c1N. The molecule has 0 aliphatic rings. The van der Waals surface area contributed by atoms with E-state index in [1.807, 2.05) is 0 Å². The van der Waals surface area contributed by atoms with E-state index in [0.29, 0.717) is 0 Å². The van der Waals surface area contributed by atoms with Crippen LogP contribution in [-0.4, -0.2) is 13.3 Å². The van der Waals surface area contributed by atoms with Gasteiger partial charge < -0.3 is 5.73 Å². The predicted molar refractivity (Wildman–Crippen MR) is 69.4 cm³/mol. The number of nitrogen functional groups attached to an aromatic ring is 1. The number of rotatable bonds is 3. The zero-order valence-corrected chi connectivity index (χ0v) is 10.2. The Labute approximate surface area is 115 Å². The summed E-state index contributed by atoms with van der Waals surface area (Å²) in [5.74, 6) is 0. The van der Waals surface area contributed by atoms with E-state index in [2.05, 4.69) is 0 Å². The van der Waals surface area contributed by atoms with Crippen molar-refractivity contribution in [2.45, 2.75) is 9.79 Å². The normalized spacial score (nSPS) is 14.1. The lowest BCUT2D eigenvalue weighted by Crippen LogP contribution is -2.02. The average Bonchev–Trinajstić information content (AvgIpc) is 2.51. The third kappa shape index (κ3) is 2.55. The van der Waals surface area contributed by atoms with Gasteiger partial charge in [-0.2, -0.15) is 0 Å². The van der Waals surface area contributed by atoms with E-state index < -0.39 is 49.5 Å². The van der Waals surface area contributed by atoms with Gasteiger partial charge in [-0.1, -0.05) is 0 Å². The van der Waals surface area contributed by atoms with Crippen LogP contribution in [0.4, 0.5) is 11.4 Å². The van der Waals surface area contributed by atoms with Crippen molar-refractivity contribution in [2.24, 2.45) is 0 Å². The molecule has 0 spiro atoms. The van der Waals surface area contributed by atoms with E-state index >= 15 is 0 Å². The molecule has 0 bridgehead atoms. The summed E-state index contributed by atoms with van der Waals surface area (Å²) in [5, 5.41) is 10.6. The Balaban J connectivity index is 2.72. The number of nitrogens with zero attached hydrogens (tertiary/aromatic N) is 1. The second kappa shape index (κ2) is 4.69. The zero-order chi connectivity index (χ0) is 17.5. The lowest BCUT2D eigenvalue weighted by atomic mass is 10.3. The molecule has 2 N–H and O–H groups in total. The second-order valence-corrected chi connectivity index (χ2v) is 5.38. The van der Waals surface area contributed by atoms with E-state index in [1.165, 1.54) is 0 Å². The highest BCUT2D eigenvalue weighted by Gasteiger charge is 2.18. The molecule has 2 rings (SSSR count). The molecule has 7 heteroatoms. The maximum atomic E-state index is 12.6. The number of non-ortho nitro benzene ring substituents is 1. The largest absolute Gasteiger partial charge is 0.399 e. The summed E-state index contributed by atoms with van der Waals surface area (Å²) >= 11 is 0. The first-order valence-electron chi connectivity index (χ1n) is 6.94. The van der Waals surface area contributed by atoms with Crippen LogP contribution < -0.4 is 5.73 Å². The molecule has 2 aromatic rings. The molecule has 98 valence electrons. The van der Waals surface area contributed by atoms with Crippen LogP contribution >= 0.6 is 0 Å². The summed E-state index contributed by atoms with van der Waals surface area (Å²) in [5.41, 5.74) is 4.63. The lowest BCUT2D eigenvalue weighted by molar-refractivity contribution is -0.384. The van der Waals surface area contributed by atoms with E-state index in [0.717, 1.165) is 24.3 Å². The van der Waals surface area contributed by atoms with Gasteiger partial charge in [-0.15, -0.1) is 0 Å². The number of nitro benzene ring substituents is 1. The summed E-state index contributed by atoms with van der Waals surface area (Å²) in [6, 6.07) is 0.981. The summed E-state index contributed by atoms with van der Waals surface area (Å²) in [4.78, 5) is 8.70.